The number of benzene rings is 4. The van der Waals surface area contributed by atoms with Crippen LogP contribution >= 0.6 is 7.92 Å². The van der Waals surface area contributed by atoms with Crippen molar-refractivity contribution in [3.63, 3.8) is 0 Å². The average molecular weight is 592 g/mol. The zero-order valence-electron chi connectivity index (χ0n) is 25.3. The molecule has 4 aromatic carbocycles. The van der Waals surface area contributed by atoms with Crippen LogP contribution in [0.15, 0.2) is 120 Å². The number of amides is 1. The quantitative estimate of drug-likeness (QED) is 0.0813. The van der Waals surface area contributed by atoms with Crippen LogP contribution in [0, 0.1) is 5.92 Å². The molecule has 0 aliphatic rings. The highest BCUT2D eigenvalue weighted by Crippen LogP contribution is 2.33. The summed E-state index contributed by atoms with van der Waals surface area (Å²) < 4.78 is 0. The van der Waals surface area contributed by atoms with E-state index in [1.807, 2.05) is 56.5 Å². The predicted molar refractivity (Wildman–Crippen MR) is 182 cm³/mol. The fourth-order valence-corrected chi connectivity index (χ4v) is 7.32. The first-order chi connectivity index (χ1) is 21.0. The molecule has 1 amide bonds. The lowest BCUT2D eigenvalue weighted by molar-refractivity contribution is -0.123. The van der Waals surface area contributed by atoms with Crippen LogP contribution in [0.1, 0.15) is 49.5 Å². The lowest BCUT2D eigenvalue weighted by atomic mass is 10.0. The normalized spacial score (nSPS) is 12.9. The second-order valence-electron chi connectivity index (χ2n) is 10.9. The molecule has 0 heterocycles. The minimum atomic E-state index is -0.832. The highest BCUT2D eigenvalue weighted by molar-refractivity contribution is 7.80. The SMILES string of the molecule is CCCCNC[C@H](NC(=O)[C@@H](N=Cc1ccccc1P(c1ccccc1)c1ccccc1)C(C)C)C(=O)c1ccccc1. The first kappa shape index (κ1) is 32.0. The molecular formula is C37H42N3O2P. The van der Waals surface area contributed by atoms with Gasteiger partial charge in [-0.1, -0.05) is 142 Å². The molecule has 0 aliphatic heterocycles. The molecule has 0 bridgehead atoms. The monoisotopic (exact) mass is 591 g/mol. The molecule has 0 fully saturated rings. The Bertz CT molecular complexity index is 1420. The number of nitrogens with zero attached hydrogens (tertiary/aromatic N) is 1. The summed E-state index contributed by atoms with van der Waals surface area (Å²) in [6.45, 7) is 7.26. The Kier molecular flexibility index (Phi) is 12.4. The number of carbonyl (C=O) groups is 2. The molecule has 2 atom stereocenters. The van der Waals surface area contributed by atoms with E-state index in [4.69, 9.17) is 4.99 Å². The second-order valence-corrected chi connectivity index (χ2v) is 13.1. The standard InChI is InChI=1S/C37H42N3O2P/c1-4-5-25-38-27-33(36(41)29-17-9-6-10-18-29)40-37(42)35(28(2)3)39-26-30-19-15-16-24-34(30)43(31-20-11-7-12-21-31)32-22-13-8-14-23-32/h6-24,26,28,33,35,38H,4-5,25,27H2,1-3H3,(H,40,42)/t33-,35-/m0/s1. The Labute approximate surface area is 257 Å². The Morgan fingerprint density at radius 1 is 0.791 bits per heavy atom. The summed E-state index contributed by atoms with van der Waals surface area (Å²) in [5, 5.41) is 10.1. The van der Waals surface area contributed by atoms with E-state index in [1.165, 1.54) is 15.9 Å². The van der Waals surface area contributed by atoms with Crippen molar-refractivity contribution in [3.05, 3.63) is 126 Å². The van der Waals surface area contributed by atoms with E-state index < -0.39 is 20.0 Å². The summed E-state index contributed by atoms with van der Waals surface area (Å²) >= 11 is 0. The molecule has 0 unspecified atom stereocenters. The van der Waals surface area contributed by atoms with Gasteiger partial charge >= 0.3 is 0 Å². The Balaban J connectivity index is 1.61. The van der Waals surface area contributed by atoms with Gasteiger partial charge in [-0.3, -0.25) is 14.6 Å². The number of aliphatic imine (C=N–C) groups is 1. The van der Waals surface area contributed by atoms with Crippen LogP contribution in [-0.2, 0) is 4.79 Å². The Hall–Kier alpha value is -3.92. The summed E-state index contributed by atoms with van der Waals surface area (Å²) in [6, 6.07) is 37.2. The number of ketones is 1. The van der Waals surface area contributed by atoms with Gasteiger partial charge in [0.1, 0.15) is 12.1 Å². The first-order valence-corrected chi connectivity index (χ1v) is 16.5. The van der Waals surface area contributed by atoms with Gasteiger partial charge < -0.3 is 10.6 Å². The minimum absolute atomic E-state index is 0.0614. The average Bonchev–Trinajstić information content (AvgIpc) is 3.04. The molecule has 6 heteroatoms. The maximum absolute atomic E-state index is 13.7. The number of hydrogen-bond acceptors (Lipinski definition) is 4. The molecule has 43 heavy (non-hydrogen) atoms. The van der Waals surface area contributed by atoms with Gasteiger partial charge in [-0.25, -0.2) is 0 Å². The van der Waals surface area contributed by atoms with Crippen molar-refractivity contribution < 1.29 is 9.59 Å². The van der Waals surface area contributed by atoms with Gasteiger partial charge in [-0.2, -0.15) is 0 Å². The van der Waals surface area contributed by atoms with Crippen molar-refractivity contribution in [3.8, 4) is 0 Å². The lowest BCUT2D eigenvalue weighted by Gasteiger charge is -2.23. The van der Waals surface area contributed by atoms with E-state index in [-0.39, 0.29) is 17.6 Å². The van der Waals surface area contributed by atoms with Crippen LogP contribution < -0.4 is 26.5 Å². The van der Waals surface area contributed by atoms with E-state index in [2.05, 4.69) is 84.3 Å². The van der Waals surface area contributed by atoms with E-state index in [0.717, 1.165) is 24.9 Å². The van der Waals surface area contributed by atoms with Gasteiger partial charge in [0.25, 0.3) is 0 Å². The van der Waals surface area contributed by atoms with Crippen LogP contribution in [0.2, 0.25) is 0 Å². The molecule has 0 saturated heterocycles. The number of nitrogens with one attached hydrogen (secondary N) is 2. The summed E-state index contributed by atoms with van der Waals surface area (Å²) in [5.41, 5.74) is 1.57. The second kappa shape index (κ2) is 16.6. The van der Waals surface area contributed by atoms with Crippen molar-refractivity contribution >= 4 is 41.7 Å². The number of unbranched alkanes of at least 4 members (excludes halogenated alkanes) is 1. The molecule has 0 radical (unpaired) electrons. The highest BCUT2D eigenvalue weighted by atomic mass is 31.1. The van der Waals surface area contributed by atoms with Crippen molar-refractivity contribution in [1.82, 2.24) is 10.6 Å². The van der Waals surface area contributed by atoms with Crippen molar-refractivity contribution in [2.24, 2.45) is 10.9 Å². The van der Waals surface area contributed by atoms with Gasteiger partial charge in [0.05, 0.1) is 0 Å². The fourth-order valence-electron chi connectivity index (χ4n) is 4.90. The third kappa shape index (κ3) is 9.03. The molecule has 2 N–H and O–H groups in total. The van der Waals surface area contributed by atoms with Crippen LogP contribution in [0.3, 0.4) is 0 Å². The molecule has 0 saturated carbocycles. The molecule has 4 aromatic rings. The van der Waals surface area contributed by atoms with Crippen LogP contribution in [0.25, 0.3) is 0 Å². The van der Waals surface area contributed by atoms with Gasteiger partial charge in [0.15, 0.2) is 5.78 Å². The first-order valence-electron chi connectivity index (χ1n) is 15.1. The fraction of sp³-hybridized carbons (Fsp3) is 0.270. The lowest BCUT2D eigenvalue weighted by Crippen LogP contribution is -2.51. The van der Waals surface area contributed by atoms with E-state index in [9.17, 15) is 9.59 Å². The van der Waals surface area contributed by atoms with Crippen molar-refractivity contribution in [1.29, 1.82) is 0 Å². The third-order valence-electron chi connectivity index (χ3n) is 7.23. The van der Waals surface area contributed by atoms with E-state index >= 15 is 0 Å². The smallest absolute Gasteiger partial charge is 0.245 e. The van der Waals surface area contributed by atoms with E-state index in [0.29, 0.717) is 12.1 Å². The summed E-state index contributed by atoms with van der Waals surface area (Å²) in [4.78, 5) is 32.0. The number of hydrogen-bond donors (Lipinski definition) is 2. The largest absolute Gasteiger partial charge is 0.343 e. The van der Waals surface area contributed by atoms with Crippen LogP contribution in [0.5, 0.6) is 0 Å². The zero-order valence-corrected chi connectivity index (χ0v) is 26.2. The molecular weight excluding hydrogens is 549 g/mol. The predicted octanol–water partition coefficient (Wildman–Crippen LogP) is 5.65. The molecule has 0 aliphatic carbocycles. The number of rotatable bonds is 15. The molecule has 5 nitrogen and oxygen atoms in total. The van der Waals surface area contributed by atoms with Gasteiger partial charge in [-0.05, 0) is 42.7 Å². The molecule has 4 rings (SSSR count). The molecule has 0 spiro atoms. The summed E-state index contributed by atoms with van der Waals surface area (Å²) in [7, 11) is -0.832. The minimum Gasteiger partial charge on any atom is -0.343 e. The zero-order chi connectivity index (χ0) is 30.4. The Morgan fingerprint density at radius 3 is 1.93 bits per heavy atom. The summed E-state index contributed by atoms with van der Waals surface area (Å²) in [6.07, 6.45) is 3.90. The molecule has 222 valence electrons. The summed E-state index contributed by atoms with van der Waals surface area (Å²) in [5.74, 6) is -0.413. The van der Waals surface area contributed by atoms with Crippen LogP contribution in [-0.4, -0.2) is 43.1 Å². The van der Waals surface area contributed by atoms with Gasteiger partial charge in [0.2, 0.25) is 5.91 Å². The van der Waals surface area contributed by atoms with Gasteiger partial charge in [0, 0.05) is 23.9 Å². The number of Topliss-reactive ketones (excluding diaryl/α,β-unsaturated/α-hetero) is 1. The maximum Gasteiger partial charge on any atom is 0.245 e. The highest BCUT2D eigenvalue weighted by Gasteiger charge is 2.28. The third-order valence-corrected chi connectivity index (χ3v) is 9.75. The topological polar surface area (TPSA) is 70.6 Å². The Morgan fingerprint density at radius 2 is 1.35 bits per heavy atom. The van der Waals surface area contributed by atoms with E-state index in [1.54, 1.807) is 12.1 Å². The molecule has 0 aromatic heterocycles. The van der Waals surface area contributed by atoms with Crippen molar-refractivity contribution in [2.45, 2.75) is 45.7 Å². The maximum atomic E-state index is 13.7. The van der Waals surface area contributed by atoms with Crippen LogP contribution in [0.4, 0.5) is 0 Å². The van der Waals surface area contributed by atoms with Crippen molar-refractivity contribution in [2.75, 3.05) is 13.1 Å². The number of carbonyl (C=O) groups excluding carboxylic acids is 2. The van der Waals surface area contributed by atoms with Gasteiger partial charge in [-0.15, -0.1) is 0 Å².